The van der Waals surface area contributed by atoms with Crippen LogP contribution in [0.1, 0.15) is 44.9 Å². The molecule has 1 aliphatic heterocycles. The normalized spacial score (nSPS) is 31.4. The zero-order valence-corrected chi connectivity index (χ0v) is 9.24. The predicted octanol–water partition coefficient (Wildman–Crippen LogP) is 0.854. The number of rotatable bonds is 3. The fourth-order valence-electron chi connectivity index (χ4n) is 2.32. The lowest BCUT2D eigenvalue weighted by molar-refractivity contribution is -0.229. The molecule has 0 bridgehead atoms. The van der Waals surface area contributed by atoms with Crippen LogP contribution in [-0.2, 0) is 19.1 Å². The first kappa shape index (κ1) is 11.4. The van der Waals surface area contributed by atoms with Gasteiger partial charge in [-0.05, 0) is 12.8 Å². The number of cyclic esters (lactones) is 1. The van der Waals surface area contributed by atoms with Crippen LogP contribution in [0.2, 0.25) is 0 Å². The summed E-state index contributed by atoms with van der Waals surface area (Å²) in [5.74, 6) is -2.59. The van der Waals surface area contributed by atoms with Gasteiger partial charge >= 0.3 is 5.97 Å². The van der Waals surface area contributed by atoms with Gasteiger partial charge in [0, 0.05) is 6.42 Å². The topological polar surface area (TPSA) is 78.6 Å². The van der Waals surface area contributed by atoms with E-state index in [0.717, 1.165) is 25.7 Å². The minimum absolute atomic E-state index is 0.00727. The number of esters is 1. The molecule has 0 spiro atoms. The molecular formula is C11H17NO4. The summed E-state index contributed by atoms with van der Waals surface area (Å²) in [5.41, 5.74) is 5.27. The zero-order chi connectivity index (χ0) is 11.6. The molecule has 2 aliphatic rings. The summed E-state index contributed by atoms with van der Waals surface area (Å²) in [6.45, 7) is 0. The Labute approximate surface area is 94.3 Å². The van der Waals surface area contributed by atoms with Crippen LogP contribution in [0.15, 0.2) is 0 Å². The Balaban J connectivity index is 2.02. The molecule has 1 saturated heterocycles. The summed E-state index contributed by atoms with van der Waals surface area (Å²) >= 11 is 0. The standard InChI is InChI=1S/C11H17NO4/c12-10(14)11(7-6-9(13)16-11)15-8-4-2-1-3-5-8/h8H,1-7H2,(H2,12,14). The van der Waals surface area contributed by atoms with Crippen LogP contribution in [-0.4, -0.2) is 23.8 Å². The van der Waals surface area contributed by atoms with Crippen molar-refractivity contribution in [2.24, 2.45) is 5.73 Å². The highest BCUT2D eigenvalue weighted by molar-refractivity contribution is 5.87. The van der Waals surface area contributed by atoms with Crippen molar-refractivity contribution in [3.8, 4) is 0 Å². The lowest BCUT2D eigenvalue weighted by atomic mass is 9.97. The molecule has 1 saturated carbocycles. The minimum Gasteiger partial charge on any atom is -0.423 e. The second kappa shape index (κ2) is 4.41. The first-order valence-corrected chi connectivity index (χ1v) is 5.82. The number of carbonyl (C=O) groups is 2. The molecular weight excluding hydrogens is 210 g/mol. The minimum atomic E-state index is -1.49. The molecule has 1 unspecified atom stereocenters. The van der Waals surface area contributed by atoms with Gasteiger partial charge in [-0.2, -0.15) is 0 Å². The third kappa shape index (κ3) is 2.19. The van der Waals surface area contributed by atoms with Gasteiger partial charge in [0.15, 0.2) is 0 Å². The van der Waals surface area contributed by atoms with Crippen LogP contribution in [0, 0.1) is 0 Å². The largest absolute Gasteiger partial charge is 0.423 e. The molecule has 2 rings (SSSR count). The zero-order valence-electron chi connectivity index (χ0n) is 9.24. The Morgan fingerprint density at radius 3 is 2.56 bits per heavy atom. The monoisotopic (exact) mass is 227 g/mol. The number of hydrogen-bond acceptors (Lipinski definition) is 4. The number of ether oxygens (including phenoxy) is 2. The maximum absolute atomic E-state index is 11.4. The molecule has 0 aromatic heterocycles. The summed E-state index contributed by atoms with van der Waals surface area (Å²) in [6.07, 6.45) is 5.64. The van der Waals surface area contributed by atoms with Crippen molar-refractivity contribution in [3.05, 3.63) is 0 Å². The van der Waals surface area contributed by atoms with Gasteiger partial charge in [-0.3, -0.25) is 9.59 Å². The van der Waals surface area contributed by atoms with Gasteiger partial charge in [0.05, 0.1) is 12.5 Å². The number of hydrogen-bond donors (Lipinski definition) is 1. The van der Waals surface area contributed by atoms with E-state index in [4.69, 9.17) is 15.2 Å². The fourth-order valence-corrected chi connectivity index (χ4v) is 2.32. The Hall–Kier alpha value is -1.10. The first-order chi connectivity index (χ1) is 7.62. The van der Waals surface area contributed by atoms with Crippen molar-refractivity contribution >= 4 is 11.9 Å². The summed E-state index contributed by atoms with van der Waals surface area (Å²) in [5, 5.41) is 0. The molecule has 0 radical (unpaired) electrons. The van der Waals surface area contributed by atoms with E-state index in [1.165, 1.54) is 6.42 Å². The van der Waals surface area contributed by atoms with E-state index < -0.39 is 17.7 Å². The quantitative estimate of drug-likeness (QED) is 0.725. The summed E-state index contributed by atoms with van der Waals surface area (Å²) in [6, 6.07) is 0. The molecule has 5 nitrogen and oxygen atoms in total. The van der Waals surface area contributed by atoms with Crippen molar-refractivity contribution < 1.29 is 19.1 Å². The highest BCUT2D eigenvalue weighted by Gasteiger charge is 2.49. The number of amides is 1. The van der Waals surface area contributed by atoms with Crippen molar-refractivity contribution in [1.82, 2.24) is 0 Å². The smallest absolute Gasteiger partial charge is 0.309 e. The van der Waals surface area contributed by atoms with Crippen molar-refractivity contribution in [2.75, 3.05) is 0 Å². The molecule has 1 heterocycles. The molecule has 1 aliphatic carbocycles. The molecule has 16 heavy (non-hydrogen) atoms. The van der Waals surface area contributed by atoms with Gasteiger partial charge in [0.25, 0.3) is 11.7 Å². The van der Waals surface area contributed by atoms with Crippen molar-refractivity contribution in [3.63, 3.8) is 0 Å². The molecule has 1 atom stereocenters. The average Bonchev–Trinajstić information content (AvgIpc) is 2.63. The van der Waals surface area contributed by atoms with E-state index in [9.17, 15) is 9.59 Å². The fraction of sp³-hybridized carbons (Fsp3) is 0.818. The van der Waals surface area contributed by atoms with E-state index in [-0.39, 0.29) is 18.9 Å². The van der Waals surface area contributed by atoms with Crippen LogP contribution >= 0.6 is 0 Å². The van der Waals surface area contributed by atoms with Crippen molar-refractivity contribution in [1.29, 1.82) is 0 Å². The molecule has 2 fully saturated rings. The van der Waals surface area contributed by atoms with Crippen LogP contribution < -0.4 is 5.73 Å². The molecule has 5 heteroatoms. The Bertz CT molecular complexity index is 298. The molecule has 1 amide bonds. The van der Waals surface area contributed by atoms with Crippen LogP contribution in [0.25, 0.3) is 0 Å². The molecule has 0 aromatic carbocycles. The Morgan fingerprint density at radius 2 is 2.06 bits per heavy atom. The van der Waals surface area contributed by atoms with E-state index in [0.29, 0.717) is 0 Å². The van der Waals surface area contributed by atoms with E-state index in [1.807, 2.05) is 0 Å². The Morgan fingerprint density at radius 1 is 1.38 bits per heavy atom. The summed E-state index contributed by atoms with van der Waals surface area (Å²) in [4.78, 5) is 22.5. The summed E-state index contributed by atoms with van der Waals surface area (Å²) in [7, 11) is 0. The second-order valence-corrected chi connectivity index (χ2v) is 4.47. The van der Waals surface area contributed by atoms with Crippen LogP contribution in [0.4, 0.5) is 0 Å². The maximum Gasteiger partial charge on any atom is 0.309 e. The van der Waals surface area contributed by atoms with E-state index in [2.05, 4.69) is 0 Å². The van der Waals surface area contributed by atoms with Crippen LogP contribution in [0.5, 0.6) is 0 Å². The van der Waals surface area contributed by atoms with Crippen molar-refractivity contribution in [2.45, 2.75) is 56.8 Å². The average molecular weight is 227 g/mol. The summed E-state index contributed by atoms with van der Waals surface area (Å²) < 4.78 is 10.6. The highest BCUT2D eigenvalue weighted by atomic mass is 16.7. The number of primary amides is 1. The van der Waals surface area contributed by atoms with E-state index in [1.54, 1.807) is 0 Å². The van der Waals surface area contributed by atoms with Gasteiger partial charge < -0.3 is 15.2 Å². The predicted molar refractivity (Wildman–Crippen MR) is 55.2 cm³/mol. The lowest BCUT2D eigenvalue weighted by Gasteiger charge is -2.31. The molecule has 0 aromatic rings. The third-order valence-corrected chi connectivity index (χ3v) is 3.22. The Kier molecular flexibility index (Phi) is 3.14. The molecule has 2 N–H and O–H groups in total. The van der Waals surface area contributed by atoms with Gasteiger partial charge in [-0.15, -0.1) is 0 Å². The first-order valence-electron chi connectivity index (χ1n) is 5.82. The lowest BCUT2D eigenvalue weighted by Crippen LogP contribution is -2.48. The van der Waals surface area contributed by atoms with Gasteiger partial charge in [0.2, 0.25) is 0 Å². The van der Waals surface area contributed by atoms with Crippen LogP contribution in [0.3, 0.4) is 0 Å². The second-order valence-electron chi connectivity index (χ2n) is 4.47. The van der Waals surface area contributed by atoms with Gasteiger partial charge in [0.1, 0.15) is 0 Å². The SMILES string of the molecule is NC(=O)C1(OC2CCCCC2)CCC(=O)O1. The van der Waals surface area contributed by atoms with E-state index >= 15 is 0 Å². The molecule has 90 valence electrons. The highest BCUT2D eigenvalue weighted by Crippen LogP contribution is 2.32. The van der Waals surface area contributed by atoms with Gasteiger partial charge in [-0.1, -0.05) is 19.3 Å². The number of carbonyl (C=O) groups excluding carboxylic acids is 2. The number of nitrogens with two attached hydrogens (primary N) is 1. The van der Waals surface area contributed by atoms with Gasteiger partial charge in [-0.25, -0.2) is 0 Å². The third-order valence-electron chi connectivity index (χ3n) is 3.22. The maximum atomic E-state index is 11.4.